The van der Waals surface area contributed by atoms with Crippen molar-refractivity contribution in [2.24, 2.45) is 0 Å². The largest absolute Gasteiger partial charge is 0.462 e. The monoisotopic (exact) mass is 427 g/mol. The van der Waals surface area contributed by atoms with Crippen LogP contribution in [0.3, 0.4) is 0 Å². The Kier molecular flexibility index (Phi) is 8.60. The summed E-state index contributed by atoms with van der Waals surface area (Å²) < 4.78 is 15.9. The summed E-state index contributed by atoms with van der Waals surface area (Å²) in [5.41, 5.74) is 0.679. The van der Waals surface area contributed by atoms with Gasteiger partial charge in [-0.05, 0) is 40.2 Å². The van der Waals surface area contributed by atoms with E-state index in [2.05, 4.69) is 5.32 Å². The molecule has 1 aliphatic rings. The van der Waals surface area contributed by atoms with Gasteiger partial charge in [-0.3, -0.25) is 4.79 Å². The topological polar surface area (TPSA) is 95.4 Å². The Balaban J connectivity index is 2.11. The zero-order valence-electron chi connectivity index (χ0n) is 17.8. The van der Waals surface area contributed by atoms with Gasteiger partial charge in [0.05, 0.1) is 31.7 Å². The molecule has 0 radical (unpaired) electrons. The highest BCUT2D eigenvalue weighted by Gasteiger charge is 2.29. The second-order valence-corrected chi connectivity index (χ2v) is 8.19. The van der Waals surface area contributed by atoms with Gasteiger partial charge in [-0.15, -0.1) is 11.3 Å². The third-order valence-corrected chi connectivity index (χ3v) is 5.85. The molecule has 1 aromatic rings. The van der Waals surface area contributed by atoms with Crippen LogP contribution in [0.1, 0.15) is 59.7 Å². The third kappa shape index (κ3) is 6.25. The van der Waals surface area contributed by atoms with E-state index in [0.29, 0.717) is 28.4 Å². The summed E-state index contributed by atoms with van der Waals surface area (Å²) in [5, 5.41) is 3.12. The first-order valence-electron chi connectivity index (χ1n) is 10.0. The molecule has 2 N–H and O–H groups in total. The fourth-order valence-corrected chi connectivity index (χ4v) is 4.62. The van der Waals surface area contributed by atoms with E-state index >= 15 is 0 Å². The Bertz CT molecular complexity index is 738. The van der Waals surface area contributed by atoms with E-state index in [0.717, 1.165) is 24.4 Å². The molecule has 1 saturated heterocycles. The van der Waals surface area contributed by atoms with Gasteiger partial charge in [0, 0.05) is 0 Å². The molecule has 0 unspecified atom stereocenters. The number of anilines is 1. The average molecular weight is 428 g/mol. The number of hydrogen-bond donors (Lipinski definition) is 2. The zero-order valence-corrected chi connectivity index (χ0v) is 18.6. The smallest absolute Gasteiger partial charge is 0.348 e. The van der Waals surface area contributed by atoms with Crippen LogP contribution in [0.25, 0.3) is 0 Å². The summed E-state index contributed by atoms with van der Waals surface area (Å²) in [5.74, 6) is -1.28. The lowest BCUT2D eigenvalue weighted by molar-refractivity contribution is -0.914. The molecule has 0 saturated carbocycles. The highest BCUT2D eigenvalue weighted by molar-refractivity contribution is 7.18. The number of morpholine rings is 1. The number of amides is 1. The molecule has 9 heteroatoms. The minimum absolute atomic E-state index is 0.166. The molecule has 29 heavy (non-hydrogen) atoms. The first kappa shape index (κ1) is 23.3. The quantitative estimate of drug-likeness (QED) is 0.610. The zero-order chi connectivity index (χ0) is 21.6. The molecule has 0 spiro atoms. The van der Waals surface area contributed by atoms with Crippen LogP contribution in [0.15, 0.2) is 0 Å². The second-order valence-electron chi connectivity index (χ2n) is 7.16. The summed E-state index contributed by atoms with van der Waals surface area (Å²) in [7, 11) is 0. The number of carbonyl (C=O) groups is 3. The van der Waals surface area contributed by atoms with Crippen LogP contribution in [0.2, 0.25) is 0 Å². The van der Waals surface area contributed by atoms with Crippen molar-refractivity contribution in [1.29, 1.82) is 0 Å². The van der Waals surface area contributed by atoms with Crippen molar-refractivity contribution in [3.63, 3.8) is 0 Å². The third-order valence-electron chi connectivity index (χ3n) is 4.66. The molecule has 2 atom stereocenters. The molecule has 8 nitrogen and oxygen atoms in total. The number of thiophene rings is 1. The molecule has 2 heterocycles. The van der Waals surface area contributed by atoms with E-state index < -0.39 is 11.9 Å². The van der Waals surface area contributed by atoms with E-state index in [1.165, 1.54) is 4.90 Å². The summed E-state index contributed by atoms with van der Waals surface area (Å²) >= 11 is 1.04. The van der Waals surface area contributed by atoms with Gasteiger partial charge in [0.1, 0.15) is 35.2 Å². The molecule has 0 aliphatic carbocycles. The van der Waals surface area contributed by atoms with Gasteiger partial charge in [0.15, 0.2) is 0 Å². The molecule has 1 fully saturated rings. The van der Waals surface area contributed by atoms with Crippen LogP contribution in [0, 0.1) is 6.92 Å². The first-order chi connectivity index (χ1) is 13.8. The summed E-state index contributed by atoms with van der Waals surface area (Å²) in [6.45, 7) is 12.0. The Hall–Kier alpha value is -1.97. The number of nitrogens with one attached hydrogen (secondary N) is 2. The first-order valence-corrected chi connectivity index (χ1v) is 10.8. The molecule has 1 aliphatic heterocycles. The number of hydrogen-bond acceptors (Lipinski definition) is 7. The fourth-order valence-electron chi connectivity index (χ4n) is 3.51. The van der Waals surface area contributed by atoms with Crippen LogP contribution in [-0.4, -0.2) is 62.9 Å². The van der Waals surface area contributed by atoms with E-state index in [9.17, 15) is 14.4 Å². The van der Waals surface area contributed by atoms with E-state index in [-0.39, 0.29) is 36.9 Å². The van der Waals surface area contributed by atoms with Crippen molar-refractivity contribution < 1.29 is 33.5 Å². The molecular weight excluding hydrogens is 396 g/mol. The standard InChI is InChI=1S/C20H30N2O6S/c1-6-26-19(24)16-14(5)17(20(25)27-7-2)29-18(16)21-15(23)8-9-22-10-12(3)28-13(4)11-22/h12-13H,6-11H2,1-5H3,(H,21,23)/p+1/t12-,13-/m1/s1. The van der Waals surface area contributed by atoms with Crippen molar-refractivity contribution in [2.45, 2.75) is 53.2 Å². The molecule has 1 amide bonds. The lowest BCUT2D eigenvalue weighted by Crippen LogP contribution is -3.15. The number of esters is 2. The Labute approximate surface area is 175 Å². The number of rotatable bonds is 8. The molecule has 0 aromatic carbocycles. The molecule has 1 aromatic heterocycles. The molecule has 162 valence electrons. The molecular formula is C20H31N2O6S+. The summed E-state index contributed by atoms with van der Waals surface area (Å²) in [6, 6.07) is 0. The van der Waals surface area contributed by atoms with Crippen LogP contribution in [0.5, 0.6) is 0 Å². The normalized spacial score (nSPS) is 21.5. The van der Waals surface area contributed by atoms with Crippen LogP contribution >= 0.6 is 11.3 Å². The van der Waals surface area contributed by atoms with Crippen LogP contribution < -0.4 is 10.2 Å². The van der Waals surface area contributed by atoms with Crippen LogP contribution in [-0.2, 0) is 19.0 Å². The maximum absolute atomic E-state index is 12.5. The molecule has 2 rings (SSSR count). The van der Waals surface area contributed by atoms with E-state index in [1.54, 1.807) is 20.8 Å². The minimum Gasteiger partial charge on any atom is -0.462 e. The predicted octanol–water partition coefficient (Wildman–Crippen LogP) is 1.43. The van der Waals surface area contributed by atoms with Crippen molar-refractivity contribution in [2.75, 3.05) is 38.2 Å². The highest BCUT2D eigenvalue weighted by atomic mass is 32.1. The Morgan fingerprint density at radius 2 is 1.69 bits per heavy atom. The summed E-state index contributed by atoms with van der Waals surface area (Å²) in [6.07, 6.45) is 0.640. The number of quaternary nitrogens is 1. The van der Waals surface area contributed by atoms with Gasteiger partial charge in [-0.25, -0.2) is 9.59 Å². The maximum atomic E-state index is 12.5. The van der Waals surface area contributed by atoms with Gasteiger partial charge in [0.2, 0.25) is 5.91 Å². The van der Waals surface area contributed by atoms with E-state index in [1.807, 2.05) is 13.8 Å². The van der Waals surface area contributed by atoms with Crippen molar-refractivity contribution in [3.8, 4) is 0 Å². The minimum atomic E-state index is -0.562. The number of carbonyl (C=O) groups excluding carboxylic acids is 3. The van der Waals surface area contributed by atoms with Gasteiger partial charge < -0.3 is 24.4 Å². The van der Waals surface area contributed by atoms with Crippen LogP contribution in [0.4, 0.5) is 5.00 Å². The Morgan fingerprint density at radius 3 is 2.28 bits per heavy atom. The SMILES string of the molecule is CCOC(=O)c1sc(NC(=O)CC[NH+]2C[C@@H](C)O[C@H](C)C2)c(C(=O)OCC)c1C. The maximum Gasteiger partial charge on any atom is 0.348 e. The van der Waals surface area contributed by atoms with E-state index in [4.69, 9.17) is 14.2 Å². The second kappa shape index (κ2) is 10.7. The lowest BCUT2D eigenvalue weighted by Gasteiger charge is -2.32. The van der Waals surface area contributed by atoms with Gasteiger partial charge in [-0.2, -0.15) is 0 Å². The average Bonchev–Trinajstić information content (AvgIpc) is 2.95. The van der Waals surface area contributed by atoms with Crippen molar-refractivity contribution >= 4 is 34.2 Å². The molecule has 0 bridgehead atoms. The van der Waals surface area contributed by atoms with Crippen molar-refractivity contribution in [3.05, 3.63) is 16.0 Å². The summed E-state index contributed by atoms with van der Waals surface area (Å²) in [4.78, 5) is 38.8. The highest BCUT2D eigenvalue weighted by Crippen LogP contribution is 2.34. The predicted molar refractivity (Wildman–Crippen MR) is 110 cm³/mol. The van der Waals surface area contributed by atoms with Gasteiger partial charge >= 0.3 is 11.9 Å². The van der Waals surface area contributed by atoms with Gasteiger partial charge in [-0.1, -0.05) is 0 Å². The van der Waals surface area contributed by atoms with Crippen molar-refractivity contribution in [1.82, 2.24) is 0 Å². The number of ether oxygens (including phenoxy) is 3. The Morgan fingerprint density at radius 1 is 1.10 bits per heavy atom. The van der Waals surface area contributed by atoms with Gasteiger partial charge in [0.25, 0.3) is 0 Å². The lowest BCUT2D eigenvalue weighted by atomic mass is 10.1. The fraction of sp³-hybridized carbons (Fsp3) is 0.650.